The Balaban J connectivity index is 1.46. The molecule has 0 radical (unpaired) electrons. The number of nitrogens with zero attached hydrogens (tertiary/aromatic N) is 4. The van der Waals surface area contributed by atoms with Crippen molar-refractivity contribution in [3.8, 4) is 17.7 Å². The van der Waals surface area contributed by atoms with Crippen LogP contribution >= 0.6 is 23.1 Å². The van der Waals surface area contributed by atoms with Gasteiger partial charge in [0.15, 0.2) is 16.7 Å². The molecule has 3 aromatic heterocycles. The van der Waals surface area contributed by atoms with E-state index in [0.717, 1.165) is 44.2 Å². The molecule has 1 N–H and O–H groups in total. The van der Waals surface area contributed by atoms with Gasteiger partial charge in [-0.25, -0.2) is 0 Å². The first-order valence-electron chi connectivity index (χ1n) is 9.65. The average Bonchev–Trinajstić information content (AvgIpc) is 3.45. The van der Waals surface area contributed by atoms with Gasteiger partial charge in [0.2, 0.25) is 5.91 Å². The molecule has 0 bridgehead atoms. The molecule has 3 heterocycles. The molecule has 29 heavy (non-hydrogen) atoms. The van der Waals surface area contributed by atoms with E-state index in [1.807, 2.05) is 16.7 Å². The highest BCUT2D eigenvalue weighted by atomic mass is 32.2. The number of anilines is 1. The topological polar surface area (TPSA) is 96.7 Å². The lowest BCUT2D eigenvalue weighted by Crippen LogP contribution is -2.14. The van der Waals surface area contributed by atoms with Crippen LogP contribution in [-0.4, -0.2) is 26.4 Å². The first kappa shape index (κ1) is 19.7. The van der Waals surface area contributed by atoms with Gasteiger partial charge >= 0.3 is 0 Å². The summed E-state index contributed by atoms with van der Waals surface area (Å²) < 4.78 is 7.42. The molecule has 0 spiro atoms. The van der Waals surface area contributed by atoms with Crippen LogP contribution in [0.5, 0.6) is 0 Å². The number of rotatable bonds is 7. The van der Waals surface area contributed by atoms with Crippen LogP contribution < -0.4 is 5.32 Å². The molecule has 150 valence electrons. The molecule has 1 aliphatic carbocycles. The quantitative estimate of drug-likeness (QED) is 0.558. The second kappa shape index (κ2) is 8.84. The summed E-state index contributed by atoms with van der Waals surface area (Å²) in [7, 11) is 0. The van der Waals surface area contributed by atoms with Crippen molar-refractivity contribution in [3.05, 3.63) is 34.4 Å². The Bertz CT molecular complexity index is 1050. The zero-order valence-electron chi connectivity index (χ0n) is 16.1. The SMILES string of the molecule is CCCn1c(SCC(=O)Nc2sc3c(c2C#N)CCCC3)nnc1-c1ccco1. The molecule has 0 aromatic carbocycles. The standard InChI is InChI=1S/C20H21N5O2S2/c1-2-9-25-18(15-7-5-10-27-15)23-24-20(25)28-12-17(26)22-19-14(11-21)13-6-3-4-8-16(13)29-19/h5,7,10H,2-4,6,8-9,12H2,1H3,(H,22,26). The van der Waals surface area contributed by atoms with E-state index in [9.17, 15) is 10.1 Å². The van der Waals surface area contributed by atoms with E-state index in [1.165, 1.54) is 16.6 Å². The molecule has 7 nitrogen and oxygen atoms in total. The fraction of sp³-hybridized carbons (Fsp3) is 0.400. The Morgan fingerprint density at radius 2 is 2.28 bits per heavy atom. The van der Waals surface area contributed by atoms with Crippen LogP contribution in [0.1, 0.15) is 42.2 Å². The maximum atomic E-state index is 12.6. The van der Waals surface area contributed by atoms with E-state index in [2.05, 4.69) is 28.5 Å². The van der Waals surface area contributed by atoms with Gasteiger partial charge in [-0.3, -0.25) is 9.36 Å². The molecule has 3 aromatic rings. The lowest BCUT2D eigenvalue weighted by Gasteiger charge is -2.09. The van der Waals surface area contributed by atoms with E-state index in [1.54, 1.807) is 17.6 Å². The van der Waals surface area contributed by atoms with Crippen LogP contribution in [-0.2, 0) is 24.2 Å². The van der Waals surface area contributed by atoms with Crippen LogP contribution in [0.15, 0.2) is 28.0 Å². The first-order valence-corrected chi connectivity index (χ1v) is 11.5. The number of amides is 1. The van der Waals surface area contributed by atoms with E-state index in [4.69, 9.17) is 4.42 Å². The highest BCUT2D eigenvalue weighted by Gasteiger charge is 2.22. The molecule has 0 atom stereocenters. The number of hydrogen-bond donors (Lipinski definition) is 1. The lowest BCUT2D eigenvalue weighted by molar-refractivity contribution is -0.113. The molecule has 0 saturated carbocycles. The predicted molar refractivity (Wildman–Crippen MR) is 113 cm³/mol. The fourth-order valence-electron chi connectivity index (χ4n) is 3.47. The second-order valence-electron chi connectivity index (χ2n) is 6.80. The molecule has 1 aliphatic rings. The highest BCUT2D eigenvalue weighted by Crippen LogP contribution is 2.37. The van der Waals surface area contributed by atoms with Gasteiger partial charge in [0.05, 0.1) is 17.6 Å². The zero-order chi connectivity index (χ0) is 20.2. The minimum atomic E-state index is -0.143. The number of aromatic nitrogens is 3. The predicted octanol–water partition coefficient (Wildman–Crippen LogP) is 4.49. The third-order valence-electron chi connectivity index (χ3n) is 4.77. The van der Waals surface area contributed by atoms with Crippen LogP contribution in [0.3, 0.4) is 0 Å². The minimum Gasteiger partial charge on any atom is -0.461 e. The van der Waals surface area contributed by atoms with E-state index in [-0.39, 0.29) is 11.7 Å². The van der Waals surface area contributed by atoms with Crippen molar-refractivity contribution in [2.75, 3.05) is 11.1 Å². The Hall–Kier alpha value is -2.57. The molecule has 0 aliphatic heterocycles. The maximum Gasteiger partial charge on any atom is 0.235 e. The van der Waals surface area contributed by atoms with Crippen molar-refractivity contribution >= 4 is 34.0 Å². The summed E-state index contributed by atoms with van der Waals surface area (Å²) in [4.78, 5) is 13.8. The van der Waals surface area contributed by atoms with Crippen LogP contribution in [0, 0.1) is 11.3 Å². The minimum absolute atomic E-state index is 0.143. The van der Waals surface area contributed by atoms with Gasteiger partial charge in [-0.05, 0) is 49.8 Å². The van der Waals surface area contributed by atoms with E-state index in [0.29, 0.717) is 27.3 Å². The fourth-order valence-corrected chi connectivity index (χ4v) is 5.49. The van der Waals surface area contributed by atoms with Crippen molar-refractivity contribution in [1.82, 2.24) is 14.8 Å². The van der Waals surface area contributed by atoms with E-state index < -0.39 is 0 Å². The molecular formula is C20H21N5O2S2. The number of nitrogens with one attached hydrogen (secondary N) is 1. The number of fused-ring (bicyclic) bond motifs is 1. The van der Waals surface area contributed by atoms with Gasteiger partial charge in [-0.1, -0.05) is 18.7 Å². The van der Waals surface area contributed by atoms with Gasteiger partial charge in [0, 0.05) is 11.4 Å². The summed E-state index contributed by atoms with van der Waals surface area (Å²) in [5.41, 5.74) is 1.76. The van der Waals surface area contributed by atoms with Gasteiger partial charge in [0.25, 0.3) is 0 Å². The Labute approximate surface area is 177 Å². The van der Waals surface area contributed by atoms with Gasteiger partial charge in [-0.2, -0.15) is 5.26 Å². The number of carbonyl (C=O) groups excluding carboxylic acids is 1. The van der Waals surface area contributed by atoms with Crippen molar-refractivity contribution in [1.29, 1.82) is 5.26 Å². The van der Waals surface area contributed by atoms with Gasteiger partial charge in [0.1, 0.15) is 11.1 Å². The highest BCUT2D eigenvalue weighted by molar-refractivity contribution is 7.99. The lowest BCUT2D eigenvalue weighted by atomic mass is 9.96. The monoisotopic (exact) mass is 427 g/mol. The summed E-state index contributed by atoms with van der Waals surface area (Å²) in [5, 5.41) is 22.3. The van der Waals surface area contributed by atoms with Crippen molar-refractivity contribution in [2.24, 2.45) is 0 Å². The molecule has 1 amide bonds. The number of hydrogen-bond acceptors (Lipinski definition) is 7. The van der Waals surface area contributed by atoms with Crippen molar-refractivity contribution < 1.29 is 9.21 Å². The summed E-state index contributed by atoms with van der Waals surface area (Å²) in [6.07, 6.45) is 6.69. The summed E-state index contributed by atoms with van der Waals surface area (Å²) >= 11 is 2.88. The molecule has 0 saturated heterocycles. The number of nitriles is 1. The number of aryl methyl sites for hydroxylation is 1. The number of thioether (sulfide) groups is 1. The Morgan fingerprint density at radius 3 is 3.03 bits per heavy atom. The summed E-state index contributed by atoms with van der Waals surface area (Å²) in [5.74, 6) is 1.38. The van der Waals surface area contributed by atoms with Crippen molar-refractivity contribution in [3.63, 3.8) is 0 Å². The number of thiophene rings is 1. The summed E-state index contributed by atoms with van der Waals surface area (Å²) in [6, 6.07) is 5.94. The van der Waals surface area contributed by atoms with Crippen molar-refractivity contribution in [2.45, 2.75) is 50.7 Å². The van der Waals surface area contributed by atoms with Crippen LogP contribution in [0.2, 0.25) is 0 Å². The third-order valence-corrected chi connectivity index (χ3v) is 6.95. The summed E-state index contributed by atoms with van der Waals surface area (Å²) in [6.45, 7) is 2.82. The molecule has 0 unspecified atom stereocenters. The van der Waals surface area contributed by atoms with E-state index >= 15 is 0 Å². The van der Waals surface area contributed by atoms with Crippen LogP contribution in [0.25, 0.3) is 11.6 Å². The molecule has 0 fully saturated rings. The second-order valence-corrected chi connectivity index (χ2v) is 8.85. The molecule has 4 rings (SSSR count). The number of carbonyl (C=O) groups is 1. The van der Waals surface area contributed by atoms with Gasteiger partial charge in [-0.15, -0.1) is 21.5 Å². The molecular weight excluding hydrogens is 406 g/mol. The maximum absolute atomic E-state index is 12.6. The number of furan rings is 1. The molecule has 9 heteroatoms. The normalized spacial score (nSPS) is 13.1. The van der Waals surface area contributed by atoms with Gasteiger partial charge < -0.3 is 9.73 Å². The Kier molecular flexibility index (Phi) is 6.02. The average molecular weight is 428 g/mol. The largest absolute Gasteiger partial charge is 0.461 e. The zero-order valence-corrected chi connectivity index (χ0v) is 17.7. The first-order chi connectivity index (χ1) is 14.2. The smallest absolute Gasteiger partial charge is 0.235 e. The Morgan fingerprint density at radius 1 is 1.41 bits per heavy atom. The third kappa shape index (κ3) is 4.09. The van der Waals surface area contributed by atoms with Crippen LogP contribution in [0.4, 0.5) is 5.00 Å².